The van der Waals surface area contributed by atoms with Crippen LogP contribution in [0.15, 0.2) is 48.6 Å². The molecule has 2 unspecified atom stereocenters. The fourth-order valence-corrected chi connectivity index (χ4v) is 6.55. The molecule has 4 N–H and O–H groups in total. The highest BCUT2D eigenvalue weighted by Crippen LogP contribution is 2.22. The monoisotopic (exact) mass is 807 g/mol. The highest BCUT2D eigenvalue weighted by atomic mass is 16.7. The number of hydrogen-bond donors (Lipinski definition) is 4. The van der Waals surface area contributed by atoms with Crippen molar-refractivity contribution in [2.45, 2.75) is 218 Å². The fraction of sp³-hybridized carbons (Fsp3) is 0.787. The molecule has 0 aliphatic carbocycles. The van der Waals surface area contributed by atoms with E-state index >= 15 is 0 Å². The topological polar surface area (TPSA) is 152 Å². The number of rotatable bonds is 37. The van der Waals surface area contributed by atoms with Gasteiger partial charge in [0.1, 0.15) is 31.0 Å². The second-order valence-corrected chi connectivity index (χ2v) is 15.5. The van der Waals surface area contributed by atoms with Gasteiger partial charge in [0.15, 0.2) is 12.4 Å². The molecule has 1 rings (SSSR count). The number of aliphatic hydroxyl groups excluding tert-OH is 4. The maximum Gasteiger partial charge on any atom is 0.306 e. The predicted molar refractivity (Wildman–Crippen MR) is 229 cm³/mol. The van der Waals surface area contributed by atoms with E-state index < -0.39 is 55.4 Å². The number of esters is 2. The number of ether oxygens (including phenoxy) is 4. The van der Waals surface area contributed by atoms with Crippen molar-refractivity contribution in [1.82, 2.24) is 0 Å². The van der Waals surface area contributed by atoms with E-state index in [9.17, 15) is 30.0 Å². The molecule has 0 aromatic carbocycles. The van der Waals surface area contributed by atoms with Gasteiger partial charge >= 0.3 is 11.9 Å². The van der Waals surface area contributed by atoms with Gasteiger partial charge in [-0.1, -0.05) is 146 Å². The van der Waals surface area contributed by atoms with E-state index in [1.54, 1.807) is 0 Å². The Hall–Kier alpha value is -2.34. The van der Waals surface area contributed by atoms with E-state index in [2.05, 4.69) is 56.4 Å². The van der Waals surface area contributed by atoms with Crippen molar-refractivity contribution in [3.05, 3.63) is 48.6 Å². The lowest BCUT2D eigenvalue weighted by Gasteiger charge is -2.39. The van der Waals surface area contributed by atoms with Crippen LogP contribution in [0.3, 0.4) is 0 Å². The summed E-state index contributed by atoms with van der Waals surface area (Å²) < 4.78 is 22.1. The molecular formula is C47H82O10. The minimum absolute atomic E-state index is 0.157. The van der Waals surface area contributed by atoms with Crippen LogP contribution in [0.1, 0.15) is 181 Å². The first kappa shape index (κ1) is 52.7. The van der Waals surface area contributed by atoms with E-state index in [1.165, 1.54) is 89.9 Å². The summed E-state index contributed by atoms with van der Waals surface area (Å²) in [7, 11) is 0. The van der Waals surface area contributed by atoms with Crippen LogP contribution in [-0.2, 0) is 28.5 Å². The van der Waals surface area contributed by atoms with Gasteiger partial charge in [-0.2, -0.15) is 0 Å². The molecule has 57 heavy (non-hydrogen) atoms. The number of aliphatic hydroxyl groups is 4. The molecule has 1 aliphatic heterocycles. The summed E-state index contributed by atoms with van der Waals surface area (Å²) in [5.41, 5.74) is 0. The quantitative estimate of drug-likeness (QED) is 0.0271. The first-order chi connectivity index (χ1) is 27.8. The smallest absolute Gasteiger partial charge is 0.306 e. The largest absolute Gasteiger partial charge is 0.462 e. The summed E-state index contributed by atoms with van der Waals surface area (Å²) in [6.45, 7) is 3.35. The molecule has 1 saturated heterocycles. The molecule has 1 fully saturated rings. The van der Waals surface area contributed by atoms with Crippen LogP contribution in [0, 0.1) is 0 Å². The van der Waals surface area contributed by atoms with Crippen LogP contribution in [0.2, 0.25) is 0 Å². The molecule has 0 saturated carbocycles. The summed E-state index contributed by atoms with van der Waals surface area (Å²) in [6.07, 6.45) is 36.9. The molecule has 0 radical (unpaired) electrons. The third kappa shape index (κ3) is 29.5. The van der Waals surface area contributed by atoms with E-state index in [0.29, 0.717) is 19.3 Å². The number of carbonyl (C=O) groups excluding carboxylic acids is 2. The number of allylic oxidation sites excluding steroid dienone is 8. The maximum atomic E-state index is 12.7. The Bertz CT molecular complexity index is 1070. The van der Waals surface area contributed by atoms with Crippen molar-refractivity contribution >= 4 is 11.9 Å². The van der Waals surface area contributed by atoms with Gasteiger partial charge in [0.25, 0.3) is 0 Å². The average molecular weight is 807 g/mol. The second kappa shape index (κ2) is 37.9. The minimum Gasteiger partial charge on any atom is -0.462 e. The molecular weight excluding hydrogens is 725 g/mol. The maximum absolute atomic E-state index is 12.7. The van der Waals surface area contributed by atoms with Gasteiger partial charge < -0.3 is 39.4 Å². The van der Waals surface area contributed by atoms with E-state index in [1.807, 2.05) is 6.08 Å². The second-order valence-electron chi connectivity index (χ2n) is 15.5. The summed E-state index contributed by atoms with van der Waals surface area (Å²) in [6, 6.07) is 0. The molecule has 10 heteroatoms. The zero-order chi connectivity index (χ0) is 41.6. The Balaban J connectivity index is 2.38. The molecule has 1 aliphatic rings. The van der Waals surface area contributed by atoms with Gasteiger partial charge in [-0.15, -0.1) is 0 Å². The lowest BCUT2D eigenvalue weighted by Crippen LogP contribution is -2.59. The van der Waals surface area contributed by atoms with Crippen LogP contribution in [0.25, 0.3) is 0 Å². The summed E-state index contributed by atoms with van der Waals surface area (Å²) >= 11 is 0. The summed E-state index contributed by atoms with van der Waals surface area (Å²) in [5.74, 6) is -0.873. The Labute approximate surface area is 346 Å². The van der Waals surface area contributed by atoms with Crippen molar-refractivity contribution in [2.24, 2.45) is 0 Å². The molecule has 330 valence electrons. The number of unbranched alkanes of at least 4 members (excludes halogenated alkanes) is 18. The Morgan fingerprint density at radius 2 is 1.00 bits per heavy atom. The van der Waals surface area contributed by atoms with Gasteiger partial charge in [0.05, 0.1) is 13.2 Å². The average Bonchev–Trinajstić information content (AvgIpc) is 3.21. The number of carbonyl (C=O) groups is 2. The van der Waals surface area contributed by atoms with Crippen molar-refractivity contribution < 1.29 is 49.0 Å². The van der Waals surface area contributed by atoms with Crippen molar-refractivity contribution in [3.63, 3.8) is 0 Å². The lowest BCUT2D eigenvalue weighted by molar-refractivity contribution is -0.305. The standard InChI is InChI=1S/C47H82O10/c1-3-5-7-9-11-13-15-17-19-20-22-24-26-28-30-32-34-36-43(50)56-40(39-55-47-46(53)45(52)44(51)41(37-48)57-47)38-54-42(49)35-33-31-29-27-25-23-21-18-16-14-12-10-8-6-4-2/h14,16-17,19,22,24,28,30,40-41,44-48,51-53H,3-13,15,18,20-21,23,25-27,29,31-39H2,1-2H3/b16-14+,19-17+,24-22+,30-28+/t40-,41-,44+,45?,46?,47-/m1/s1. The molecule has 0 bridgehead atoms. The fourth-order valence-electron chi connectivity index (χ4n) is 6.55. The van der Waals surface area contributed by atoms with Crippen molar-refractivity contribution in [2.75, 3.05) is 19.8 Å². The first-order valence-corrected chi connectivity index (χ1v) is 22.7. The van der Waals surface area contributed by atoms with E-state index in [0.717, 1.165) is 44.9 Å². The predicted octanol–water partition coefficient (Wildman–Crippen LogP) is 9.67. The van der Waals surface area contributed by atoms with Crippen molar-refractivity contribution in [3.8, 4) is 0 Å². The van der Waals surface area contributed by atoms with Crippen LogP contribution < -0.4 is 0 Å². The Kier molecular flexibility index (Phi) is 35.0. The molecule has 0 aromatic rings. The van der Waals surface area contributed by atoms with Crippen LogP contribution in [0.4, 0.5) is 0 Å². The molecule has 0 amide bonds. The molecule has 10 nitrogen and oxygen atoms in total. The third-order valence-corrected chi connectivity index (χ3v) is 10.2. The molecule has 0 aromatic heterocycles. The zero-order valence-corrected chi connectivity index (χ0v) is 35.8. The normalized spacial score (nSPS) is 20.7. The molecule has 6 atom stereocenters. The van der Waals surface area contributed by atoms with Crippen LogP contribution >= 0.6 is 0 Å². The number of hydrogen-bond acceptors (Lipinski definition) is 10. The molecule has 1 heterocycles. The van der Waals surface area contributed by atoms with Gasteiger partial charge in [-0.3, -0.25) is 9.59 Å². The minimum atomic E-state index is -1.60. The van der Waals surface area contributed by atoms with E-state index in [-0.39, 0.29) is 26.1 Å². The van der Waals surface area contributed by atoms with Gasteiger partial charge in [-0.25, -0.2) is 0 Å². The van der Waals surface area contributed by atoms with Crippen LogP contribution in [-0.4, -0.2) is 89.0 Å². The zero-order valence-electron chi connectivity index (χ0n) is 35.8. The van der Waals surface area contributed by atoms with Gasteiger partial charge in [0, 0.05) is 12.8 Å². The van der Waals surface area contributed by atoms with Crippen LogP contribution in [0.5, 0.6) is 0 Å². The SMILES string of the molecule is CCCCCC/C=C/CCCCCCCCCC(=O)OC[C@H](CO[C@@H]1O[C@H](CO)[C@H](O)C(O)C1O)OC(=O)CCC/C=C/C/C=C/C/C=C/CCCCCCCC. The lowest BCUT2D eigenvalue weighted by atomic mass is 9.99. The third-order valence-electron chi connectivity index (χ3n) is 10.2. The molecule has 0 spiro atoms. The summed E-state index contributed by atoms with van der Waals surface area (Å²) in [4.78, 5) is 25.3. The Morgan fingerprint density at radius 1 is 0.544 bits per heavy atom. The van der Waals surface area contributed by atoms with Gasteiger partial charge in [0.2, 0.25) is 0 Å². The van der Waals surface area contributed by atoms with Gasteiger partial charge in [-0.05, 0) is 70.6 Å². The van der Waals surface area contributed by atoms with E-state index in [4.69, 9.17) is 18.9 Å². The van der Waals surface area contributed by atoms with Crippen molar-refractivity contribution in [1.29, 1.82) is 0 Å². The Morgan fingerprint density at radius 3 is 1.56 bits per heavy atom. The summed E-state index contributed by atoms with van der Waals surface area (Å²) in [5, 5.41) is 40.1. The highest BCUT2D eigenvalue weighted by molar-refractivity contribution is 5.70. The highest BCUT2D eigenvalue weighted by Gasteiger charge is 2.44. The first-order valence-electron chi connectivity index (χ1n) is 22.7.